The van der Waals surface area contributed by atoms with Gasteiger partial charge in [0.1, 0.15) is 11.6 Å². The van der Waals surface area contributed by atoms with E-state index in [2.05, 4.69) is 15.3 Å². The molecule has 5 nitrogen and oxygen atoms in total. The van der Waals surface area contributed by atoms with Crippen molar-refractivity contribution < 1.29 is 4.74 Å². The predicted octanol–water partition coefficient (Wildman–Crippen LogP) is 1.17. The molecule has 0 aromatic carbocycles. The molecule has 1 rings (SSSR count). The molecule has 0 saturated heterocycles. The fourth-order valence-electron chi connectivity index (χ4n) is 1.14. The molecule has 0 fully saturated rings. The molecule has 1 aromatic rings. The highest BCUT2D eigenvalue weighted by atomic mass is 16.5. The Morgan fingerprint density at radius 2 is 2.25 bits per heavy atom. The maximum absolute atomic E-state index is 11.3. The van der Waals surface area contributed by atoms with Crippen LogP contribution in [0, 0.1) is 0 Å². The van der Waals surface area contributed by atoms with Crippen LogP contribution in [0.1, 0.15) is 26.6 Å². The molecule has 90 valence electrons. The third kappa shape index (κ3) is 3.66. The summed E-state index contributed by atoms with van der Waals surface area (Å²) in [7, 11) is 1.66. The minimum absolute atomic E-state index is 0.135. The highest BCUT2D eigenvalue weighted by Gasteiger charge is 2.16. The molecule has 2 N–H and O–H groups in total. The van der Waals surface area contributed by atoms with Crippen molar-refractivity contribution in [3.05, 3.63) is 22.2 Å². The summed E-state index contributed by atoms with van der Waals surface area (Å²) in [6.07, 6.45) is 0.707. The van der Waals surface area contributed by atoms with Crippen LogP contribution in [0.2, 0.25) is 0 Å². The summed E-state index contributed by atoms with van der Waals surface area (Å²) in [6, 6.07) is 1.45. The fourth-order valence-corrected chi connectivity index (χ4v) is 1.14. The molecule has 0 saturated carbocycles. The first-order valence-corrected chi connectivity index (χ1v) is 5.36. The van der Waals surface area contributed by atoms with Crippen LogP contribution in [0.4, 0.5) is 5.82 Å². The van der Waals surface area contributed by atoms with Crippen LogP contribution < -0.4 is 10.9 Å². The quantitative estimate of drug-likeness (QED) is 0.789. The summed E-state index contributed by atoms with van der Waals surface area (Å²) < 4.78 is 5.27. The Hall–Kier alpha value is -1.36. The lowest BCUT2D eigenvalue weighted by atomic mass is 10.1. The van der Waals surface area contributed by atoms with Crippen LogP contribution >= 0.6 is 0 Å². The molecule has 1 heterocycles. The van der Waals surface area contributed by atoms with Gasteiger partial charge in [0, 0.05) is 26.1 Å². The van der Waals surface area contributed by atoms with Crippen LogP contribution in [0.3, 0.4) is 0 Å². The van der Waals surface area contributed by atoms with Crippen LogP contribution in [0.5, 0.6) is 0 Å². The number of aryl methyl sites for hydroxylation is 1. The molecule has 16 heavy (non-hydrogen) atoms. The molecule has 0 atom stereocenters. The number of nitrogens with one attached hydrogen (secondary N) is 2. The molecule has 0 spiro atoms. The number of rotatable bonds is 5. The van der Waals surface area contributed by atoms with E-state index in [0.29, 0.717) is 24.6 Å². The van der Waals surface area contributed by atoms with Crippen molar-refractivity contribution in [3.8, 4) is 0 Å². The van der Waals surface area contributed by atoms with Crippen molar-refractivity contribution in [3.63, 3.8) is 0 Å². The maximum Gasteiger partial charge on any atom is 0.252 e. The standard InChI is InChI=1S/C11H19N3O2/c1-5-8-13-9(6-10(15)14-8)12-7-11(2,3)16-4/h6H,5,7H2,1-4H3,(H2,12,13,14,15). The van der Waals surface area contributed by atoms with Crippen molar-refractivity contribution in [2.45, 2.75) is 32.8 Å². The highest BCUT2D eigenvalue weighted by Crippen LogP contribution is 2.08. The van der Waals surface area contributed by atoms with E-state index in [1.807, 2.05) is 20.8 Å². The molecule has 1 aromatic heterocycles. The molecule has 0 aliphatic carbocycles. The summed E-state index contributed by atoms with van der Waals surface area (Å²) in [5.41, 5.74) is -0.416. The molecule has 0 amide bonds. The largest absolute Gasteiger partial charge is 0.377 e. The zero-order valence-electron chi connectivity index (χ0n) is 10.3. The number of aromatic amines is 1. The van der Waals surface area contributed by atoms with Gasteiger partial charge in [0.25, 0.3) is 5.56 Å². The summed E-state index contributed by atoms with van der Waals surface area (Å²) in [5, 5.41) is 3.10. The third-order valence-electron chi connectivity index (χ3n) is 2.37. The van der Waals surface area contributed by atoms with Gasteiger partial charge >= 0.3 is 0 Å². The summed E-state index contributed by atoms with van der Waals surface area (Å²) in [5.74, 6) is 1.27. The van der Waals surface area contributed by atoms with E-state index in [9.17, 15) is 4.79 Å². The topological polar surface area (TPSA) is 67.0 Å². The predicted molar refractivity (Wildman–Crippen MR) is 63.8 cm³/mol. The number of hydrogen-bond donors (Lipinski definition) is 2. The van der Waals surface area contributed by atoms with Gasteiger partial charge in [-0.3, -0.25) is 4.79 Å². The van der Waals surface area contributed by atoms with E-state index in [0.717, 1.165) is 0 Å². The van der Waals surface area contributed by atoms with Gasteiger partial charge < -0.3 is 15.0 Å². The SMILES string of the molecule is CCc1nc(NCC(C)(C)OC)cc(=O)[nH]1. The average molecular weight is 225 g/mol. The van der Waals surface area contributed by atoms with Crippen molar-refractivity contribution in [2.24, 2.45) is 0 Å². The number of H-pyrrole nitrogens is 1. The number of nitrogens with zero attached hydrogens (tertiary/aromatic N) is 1. The van der Waals surface area contributed by atoms with Crippen LogP contribution in [0.15, 0.2) is 10.9 Å². The van der Waals surface area contributed by atoms with Crippen LogP contribution in [0.25, 0.3) is 0 Å². The van der Waals surface area contributed by atoms with Crippen molar-refractivity contribution in [2.75, 3.05) is 19.0 Å². The van der Waals surface area contributed by atoms with Gasteiger partial charge in [-0.1, -0.05) is 6.92 Å². The lowest BCUT2D eigenvalue weighted by Crippen LogP contribution is -2.32. The van der Waals surface area contributed by atoms with E-state index in [1.54, 1.807) is 7.11 Å². The Bertz CT molecular complexity index is 398. The zero-order chi connectivity index (χ0) is 12.2. The first kappa shape index (κ1) is 12.7. The first-order valence-electron chi connectivity index (χ1n) is 5.36. The van der Waals surface area contributed by atoms with E-state index < -0.39 is 0 Å². The number of hydrogen-bond acceptors (Lipinski definition) is 4. The Morgan fingerprint density at radius 1 is 1.56 bits per heavy atom. The van der Waals surface area contributed by atoms with Gasteiger partial charge in [-0.15, -0.1) is 0 Å². The van der Waals surface area contributed by atoms with Crippen molar-refractivity contribution in [1.82, 2.24) is 9.97 Å². The number of anilines is 1. The van der Waals surface area contributed by atoms with Crippen molar-refractivity contribution >= 4 is 5.82 Å². The van der Waals surface area contributed by atoms with Gasteiger partial charge in [0.15, 0.2) is 0 Å². The second kappa shape index (κ2) is 5.12. The number of aromatic nitrogens is 2. The zero-order valence-corrected chi connectivity index (χ0v) is 10.3. The van der Waals surface area contributed by atoms with Gasteiger partial charge in [-0.05, 0) is 13.8 Å². The van der Waals surface area contributed by atoms with Crippen LogP contribution in [-0.2, 0) is 11.2 Å². The molecule has 0 unspecified atom stereocenters. The van der Waals surface area contributed by atoms with Gasteiger partial charge in [-0.25, -0.2) is 4.98 Å². The van der Waals surface area contributed by atoms with E-state index in [4.69, 9.17) is 4.74 Å². The fraction of sp³-hybridized carbons (Fsp3) is 0.636. The first-order chi connectivity index (χ1) is 7.46. The molecule has 0 aliphatic heterocycles. The number of methoxy groups -OCH3 is 1. The minimum atomic E-state index is -0.281. The molecule has 5 heteroatoms. The van der Waals surface area contributed by atoms with Crippen molar-refractivity contribution in [1.29, 1.82) is 0 Å². The Kier molecular flexibility index (Phi) is 4.06. The molecule has 0 aliphatic rings. The minimum Gasteiger partial charge on any atom is -0.377 e. The smallest absolute Gasteiger partial charge is 0.252 e. The van der Waals surface area contributed by atoms with Gasteiger partial charge in [0.2, 0.25) is 0 Å². The normalized spacial score (nSPS) is 11.5. The van der Waals surface area contributed by atoms with Crippen LogP contribution in [-0.4, -0.2) is 29.2 Å². The molecular weight excluding hydrogens is 206 g/mol. The second-order valence-corrected chi connectivity index (χ2v) is 4.25. The third-order valence-corrected chi connectivity index (χ3v) is 2.37. The second-order valence-electron chi connectivity index (χ2n) is 4.25. The van der Waals surface area contributed by atoms with E-state index >= 15 is 0 Å². The highest BCUT2D eigenvalue weighted by molar-refractivity contribution is 5.33. The molecular formula is C11H19N3O2. The lowest BCUT2D eigenvalue weighted by molar-refractivity contribution is 0.0343. The Balaban J connectivity index is 2.74. The summed E-state index contributed by atoms with van der Waals surface area (Å²) >= 11 is 0. The van der Waals surface area contributed by atoms with Gasteiger partial charge in [-0.2, -0.15) is 0 Å². The summed E-state index contributed by atoms with van der Waals surface area (Å²) in [4.78, 5) is 18.2. The molecule has 0 radical (unpaired) electrons. The van der Waals surface area contributed by atoms with Gasteiger partial charge in [0.05, 0.1) is 5.60 Å². The maximum atomic E-state index is 11.3. The molecule has 0 bridgehead atoms. The summed E-state index contributed by atoms with van der Waals surface area (Å²) in [6.45, 7) is 6.48. The van der Waals surface area contributed by atoms with E-state index in [-0.39, 0.29) is 11.2 Å². The lowest BCUT2D eigenvalue weighted by Gasteiger charge is -2.23. The average Bonchev–Trinajstić information content (AvgIpc) is 2.26. The van der Waals surface area contributed by atoms with E-state index in [1.165, 1.54) is 6.07 Å². The Morgan fingerprint density at radius 3 is 2.81 bits per heavy atom. The monoisotopic (exact) mass is 225 g/mol. The number of ether oxygens (including phenoxy) is 1. The Labute approximate surface area is 95.3 Å².